The molecule has 308 valence electrons. The van der Waals surface area contributed by atoms with Gasteiger partial charge in [0, 0.05) is 5.92 Å². The highest BCUT2D eigenvalue weighted by atomic mass is 16.5. The van der Waals surface area contributed by atoms with E-state index in [0.717, 1.165) is 118 Å². The highest BCUT2D eigenvalue weighted by Crippen LogP contribution is 2.33. The first kappa shape index (κ1) is 44.5. The standard InChI is InChI=1S/C35H48O6.C13H20O2/c1-3-4-5-6-21-38-31-15-17-32(18-16-31)41-35(37)30-13-11-29(12-14-30)25-40-34-20-19-33(22-26(34)2)39-24-28-9-7-27(23-36)8-10-28;1-3-4-5-6-11-15-13-9-7-12(14-2)8-10-13/h15-20,22-23,27-30H,3-14,21,24-25H2,1-2H3;7-10H,3-6,11H2,1-2H3. The number of aldehydes is 1. The van der Waals surface area contributed by atoms with Crippen LogP contribution in [0.3, 0.4) is 0 Å². The minimum absolute atomic E-state index is 0.0626. The summed E-state index contributed by atoms with van der Waals surface area (Å²) in [5.41, 5.74) is 1.07. The molecule has 5 rings (SSSR count). The second kappa shape index (κ2) is 25.9. The van der Waals surface area contributed by atoms with Crippen LogP contribution in [0.5, 0.6) is 34.5 Å². The van der Waals surface area contributed by atoms with Crippen molar-refractivity contribution in [2.75, 3.05) is 33.5 Å². The van der Waals surface area contributed by atoms with E-state index in [-0.39, 0.29) is 17.8 Å². The predicted molar refractivity (Wildman–Crippen MR) is 223 cm³/mol. The number of benzene rings is 3. The number of hydrogen-bond donors (Lipinski definition) is 0. The monoisotopic (exact) mass is 772 g/mol. The van der Waals surface area contributed by atoms with Crippen LogP contribution in [0.25, 0.3) is 0 Å². The molecule has 0 heterocycles. The van der Waals surface area contributed by atoms with Gasteiger partial charge in [-0.3, -0.25) is 4.79 Å². The van der Waals surface area contributed by atoms with Crippen LogP contribution >= 0.6 is 0 Å². The smallest absolute Gasteiger partial charge is 0.314 e. The van der Waals surface area contributed by atoms with Crippen molar-refractivity contribution in [1.29, 1.82) is 0 Å². The lowest BCUT2D eigenvalue weighted by molar-refractivity contribution is -0.140. The molecule has 56 heavy (non-hydrogen) atoms. The molecule has 0 atom stereocenters. The molecule has 0 aliphatic heterocycles. The fraction of sp³-hybridized carbons (Fsp3) is 0.583. The van der Waals surface area contributed by atoms with Crippen molar-refractivity contribution in [3.8, 4) is 34.5 Å². The minimum Gasteiger partial charge on any atom is -0.497 e. The Hall–Kier alpha value is -4.20. The van der Waals surface area contributed by atoms with E-state index in [2.05, 4.69) is 20.8 Å². The van der Waals surface area contributed by atoms with Gasteiger partial charge in [-0.25, -0.2) is 0 Å². The van der Waals surface area contributed by atoms with Crippen molar-refractivity contribution in [1.82, 2.24) is 0 Å². The zero-order valence-electron chi connectivity index (χ0n) is 34.6. The van der Waals surface area contributed by atoms with E-state index >= 15 is 0 Å². The summed E-state index contributed by atoms with van der Waals surface area (Å²) in [6, 6.07) is 21.1. The highest BCUT2D eigenvalue weighted by molar-refractivity contribution is 5.75. The number of aryl methyl sites for hydroxylation is 1. The van der Waals surface area contributed by atoms with Crippen molar-refractivity contribution in [3.63, 3.8) is 0 Å². The van der Waals surface area contributed by atoms with E-state index in [9.17, 15) is 9.59 Å². The Morgan fingerprint density at radius 2 is 1.09 bits per heavy atom. The first-order chi connectivity index (χ1) is 27.4. The topological polar surface area (TPSA) is 89.5 Å². The zero-order valence-corrected chi connectivity index (χ0v) is 34.6. The Kier molecular flexibility index (Phi) is 20.6. The quantitative estimate of drug-likeness (QED) is 0.0432. The van der Waals surface area contributed by atoms with E-state index < -0.39 is 0 Å². The molecule has 0 unspecified atom stereocenters. The van der Waals surface area contributed by atoms with E-state index in [1.54, 1.807) is 7.11 Å². The van der Waals surface area contributed by atoms with Crippen molar-refractivity contribution >= 4 is 12.3 Å². The zero-order chi connectivity index (χ0) is 39.8. The maximum atomic E-state index is 12.8. The number of esters is 1. The lowest BCUT2D eigenvalue weighted by Gasteiger charge is -2.27. The van der Waals surface area contributed by atoms with Gasteiger partial charge in [-0.1, -0.05) is 52.4 Å². The molecule has 3 aromatic carbocycles. The minimum atomic E-state index is -0.138. The number of ether oxygens (including phenoxy) is 6. The predicted octanol–water partition coefficient (Wildman–Crippen LogP) is 11.8. The van der Waals surface area contributed by atoms with E-state index in [0.29, 0.717) is 30.8 Å². The molecule has 0 aromatic heterocycles. The summed E-state index contributed by atoms with van der Waals surface area (Å²) in [5, 5.41) is 0. The van der Waals surface area contributed by atoms with E-state index in [4.69, 9.17) is 28.4 Å². The van der Waals surface area contributed by atoms with Gasteiger partial charge in [-0.2, -0.15) is 0 Å². The first-order valence-electron chi connectivity index (χ1n) is 21.4. The Labute approximate surface area is 336 Å². The number of carbonyl (C=O) groups excluding carboxylic acids is 2. The van der Waals surface area contributed by atoms with Gasteiger partial charge in [-0.15, -0.1) is 0 Å². The summed E-state index contributed by atoms with van der Waals surface area (Å²) in [5.74, 6) is 5.94. The van der Waals surface area contributed by atoms with Crippen molar-refractivity contribution < 1.29 is 38.0 Å². The van der Waals surface area contributed by atoms with Crippen molar-refractivity contribution in [3.05, 3.63) is 72.3 Å². The van der Waals surface area contributed by atoms with Crippen LogP contribution in [0, 0.1) is 30.6 Å². The summed E-state index contributed by atoms with van der Waals surface area (Å²) in [7, 11) is 1.67. The van der Waals surface area contributed by atoms with Gasteiger partial charge < -0.3 is 33.2 Å². The number of rotatable bonds is 22. The van der Waals surface area contributed by atoms with Gasteiger partial charge in [0.1, 0.15) is 40.8 Å². The lowest BCUT2D eigenvalue weighted by Crippen LogP contribution is -2.27. The van der Waals surface area contributed by atoms with Gasteiger partial charge in [0.25, 0.3) is 0 Å². The Bertz CT molecular complexity index is 1510. The lowest BCUT2D eigenvalue weighted by atomic mass is 9.82. The molecule has 2 aliphatic rings. The maximum Gasteiger partial charge on any atom is 0.314 e. The van der Waals surface area contributed by atoms with Crippen LogP contribution in [-0.2, 0) is 9.59 Å². The molecular formula is C48H68O8. The Morgan fingerprint density at radius 3 is 1.61 bits per heavy atom. The van der Waals surface area contributed by atoms with Gasteiger partial charge in [0.05, 0.1) is 39.5 Å². The highest BCUT2D eigenvalue weighted by Gasteiger charge is 2.28. The molecule has 0 spiro atoms. The number of methoxy groups -OCH3 is 1. The van der Waals surface area contributed by atoms with Gasteiger partial charge in [-0.05, 0) is 155 Å². The summed E-state index contributed by atoms with van der Waals surface area (Å²) in [4.78, 5) is 23.7. The molecule has 8 heteroatoms. The molecule has 2 fully saturated rings. The van der Waals surface area contributed by atoms with Crippen molar-refractivity contribution in [2.24, 2.45) is 23.7 Å². The molecule has 0 bridgehead atoms. The second-order valence-electron chi connectivity index (χ2n) is 15.6. The van der Waals surface area contributed by atoms with Crippen LogP contribution in [0.4, 0.5) is 0 Å². The number of unbranched alkanes of at least 4 members (excludes halogenated alkanes) is 6. The SMILES string of the molecule is CCCCCCOc1ccc(OC(=O)C2CCC(COc3ccc(OCC4CCC(C=O)CC4)cc3C)CC2)cc1.CCCCCCOc1ccc(OC)cc1. The van der Waals surface area contributed by atoms with E-state index in [1.807, 2.05) is 66.7 Å². The molecule has 0 amide bonds. The summed E-state index contributed by atoms with van der Waals surface area (Å²) in [6.07, 6.45) is 18.4. The Balaban J connectivity index is 0.000000389. The van der Waals surface area contributed by atoms with Crippen molar-refractivity contribution in [2.45, 2.75) is 124 Å². The van der Waals surface area contributed by atoms with Crippen LogP contribution in [0.2, 0.25) is 0 Å². The average molecular weight is 773 g/mol. The first-order valence-corrected chi connectivity index (χ1v) is 21.4. The molecular weight excluding hydrogens is 705 g/mol. The molecule has 2 saturated carbocycles. The summed E-state index contributed by atoms with van der Waals surface area (Å²) < 4.78 is 34.4. The number of hydrogen-bond acceptors (Lipinski definition) is 8. The molecule has 0 radical (unpaired) electrons. The van der Waals surface area contributed by atoms with Crippen LogP contribution in [0.1, 0.15) is 122 Å². The molecule has 3 aromatic rings. The summed E-state index contributed by atoms with van der Waals surface area (Å²) >= 11 is 0. The average Bonchev–Trinajstić information content (AvgIpc) is 3.24. The molecule has 8 nitrogen and oxygen atoms in total. The molecule has 0 saturated heterocycles. The fourth-order valence-electron chi connectivity index (χ4n) is 7.26. The second-order valence-corrected chi connectivity index (χ2v) is 15.6. The molecule has 0 N–H and O–H groups in total. The van der Waals surface area contributed by atoms with Crippen LogP contribution in [-0.4, -0.2) is 45.8 Å². The maximum absolute atomic E-state index is 12.8. The molecule has 2 aliphatic carbocycles. The third-order valence-corrected chi connectivity index (χ3v) is 11.0. The van der Waals surface area contributed by atoms with Gasteiger partial charge >= 0.3 is 5.97 Å². The fourth-order valence-corrected chi connectivity index (χ4v) is 7.26. The third kappa shape index (κ3) is 16.5. The van der Waals surface area contributed by atoms with Crippen LogP contribution in [0.15, 0.2) is 66.7 Å². The van der Waals surface area contributed by atoms with Gasteiger partial charge in [0.2, 0.25) is 0 Å². The summed E-state index contributed by atoms with van der Waals surface area (Å²) in [6.45, 7) is 9.36. The largest absolute Gasteiger partial charge is 0.497 e. The Morgan fingerprint density at radius 1 is 0.589 bits per heavy atom. The van der Waals surface area contributed by atoms with Gasteiger partial charge in [0.15, 0.2) is 0 Å². The van der Waals surface area contributed by atoms with Crippen LogP contribution < -0.4 is 28.4 Å². The van der Waals surface area contributed by atoms with E-state index in [1.165, 1.54) is 38.5 Å². The third-order valence-electron chi connectivity index (χ3n) is 11.0. The normalized spacial score (nSPS) is 19.1. The number of carbonyl (C=O) groups is 2.